The molecule has 37 heavy (non-hydrogen) atoms. The number of methoxy groups -OCH3 is 1. The fourth-order valence-corrected chi connectivity index (χ4v) is 5.13. The van der Waals surface area contributed by atoms with E-state index < -0.39 is 21.6 Å². The minimum absolute atomic E-state index is 0.0551. The number of rotatable bonds is 11. The third-order valence-corrected chi connectivity index (χ3v) is 7.53. The molecule has 0 spiro atoms. The topological polar surface area (TPSA) is 96.0 Å². The van der Waals surface area contributed by atoms with Gasteiger partial charge in [0, 0.05) is 29.5 Å². The van der Waals surface area contributed by atoms with Crippen molar-refractivity contribution in [3.05, 3.63) is 57.5 Å². The van der Waals surface area contributed by atoms with E-state index in [1.165, 1.54) is 22.4 Å². The number of hydrogen-bond donors (Lipinski definition) is 1. The van der Waals surface area contributed by atoms with Crippen molar-refractivity contribution in [3.63, 3.8) is 0 Å². The number of sulfonamides is 1. The molecule has 1 atom stereocenters. The first-order chi connectivity index (χ1) is 17.1. The standard InChI is InChI=1S/C26H35BrClN3O5S/c1-18(25(33)29-26(2,3)4)30(17-19-9-11-20(27)12-10-19)24(32)8-7-15-31(37(6,34)35)21-13-14-23(36-5)22(28)16-21/h9-14,16,18H,7-8,15,17H2,1-6H3,(H,29,33). The lowest BCUT2D eigenvalue weighted by atomic mass is 10.1. The Balaban J connectivity index is 2.20. The van der Waals surface area contributed by atoms with E-state index in [1.807, 2.05) is 45.0 Å². The maximum atomic E-state index is 13.4. The van der Waals surface area contributed by atoms with Crippen molar-refractivity contribution >= 4 is 55.1 Å². The van der Waals surface area contributed by atoms with Gasteiger partial charge in [-0.25, -0.2) is 8.42 Å². The number of halogens is 2. The second-order valence-corrected chi connectivity index (χ2v) is 13.1. The molecule has 0 aliphatic carbocycles. The Morgan fingerprint density at radius 2 is 1.76 bits per heavy atom. The Labute approximate surface area is 233 Å². The van der Waals surface area contributed by atoms with Gasteiger partial charge in [-0.05, 0) is 70.0 Å². The van der Waals surface area contributed by atoms with Crippen LogP contribution < -0.4 is 14.4 Å². The second-order valence-electron chi connectivity index (χ2n) is 9.82. The Hall–Kier alpha value is -2.30. The van der Waals surface area contributed by atoms with E-state index in [2.05, 4.69) is 21.2 Å². The van der Waals surface area contributed by atoms with E-state index in [1.54, 1.807) is 19.1 Å². The maximum Gasteiger partial charge on any atom is 0.242 e. The van der Waals surface area contributed by atoms with Gasteiger partial charge in [-0.2, -0.15) is 0 Å². The van der Waals surface area contributed by atoms with E-state index in [4.69, 9.17) is 16.3 Å². The van der Waals surface area contributed by atoms with Crippen molar-refractivity contribution in [1.29, 1.82) is 0 Å². The van der Waals surface area contributed by atoms with E-state index in [-0.39, 0.29) is 42.8 Å². The molecule has 204 valence electrons. The Morgan fingerprint density at radius 1 is 1.14 bits per heavy atom. The molecule has 0 aliphatic rings. The third kappa shape index (κ3) is 9.50. The number of carbonyl (C=O) groups excluding carboxylic acids is 2. The first-order valence-corrected chi connectivity index (χ1v) is 14.8. The highest BCUT2D eigenvalue weighted by Crippen LogP contribution is 2.30. The van der Waals surface area contributed by atoms with Crippen LogP contribution in [0.1, 0.15) is 46.1 Å². The highest BCUT2D eigenvalue weighted by atomic mass is 79.9. The lowest BCUT2D eigenvalue weighted by molar-refractivity contribution is -0.141. The fraction of sp³-hybridized carbons (Fsp3) is 0.462. The molecular weight excluding hydrogens is 582 g/mol. The monoisotopic (exact) mass is 615 g/mol. The molecule has 2 aromatic rings. The Kier molecular flexibility index (Phi) is 10.8. The van der Waals surface area contributed by atoms with Crippen LogP contribution in [0.4, 0.5) is 5.69 Å². The highest BCUT2D eigenvalue weighted by Gasteiger charge is 2.28. The molecule has 0 radical (unpaired) electrons. The summed E-state index contributed by atoms with van der Waals surface area (Å²) in [4.78, 5) is 27.8. The van der Waals surface area contributed by atoms with E-state index in [0.717, 1.165) is 16.3 Å². The summed E-state index contributed by atoms with van der Waals surface area (Å²) in [6, 6.07) is 11.5. The summed E-state index contributed by atoms with van der Waals surface area (Å²) >= 11 is 9.61. The molecule has 0 saturated carbocycles. The summed E-state index contributed by atoms with van der Waals surface area (Å²) in [7, 11) is -2.16. The number of nitrogens with one attached hydrogen (secondary N) is 1. The quantitative estimate of drug-likeness (QED) is 0.384. The van der Waals surface area contributed by atoms with Crippen LogP contribution in [-0.4, -0.2) is 56.6 Å². The largest absolute Gasteiger partial charge is 0.495 e. The van der Waals surface area contributed by atoms with Crippen LogP contribution in [0.5, 0.6) is 5.75 Å². The van der Waals surface area contributed by atoms with Crippen molar-refractivity contribution in [3.8, 4) is 5.75 Å². The molecule has 2 aromatic carbocycles. The van der Waals surface area contributed by atoms with Crippen LogP contribution in [0.25, 0.3) is 0 Å². The summed E-state index contributed by atoms with van der Waals surface area (Å²) in [6.45, 7) is 7.65. The summed E-state index contributed by atoms with van der Waals surface area (Å²) in [5, 5.41) is 3.21. The number of hydrogen-bond acceptors (Lipinski definition) is 5. The predicted molar refractivity (Wildman–Crippen MR) is 151 cm³/mol. The minimum Gasteiger partial charge on any atom is -0.495 e. The van der Waals surface area contributed by atoms with Crippen molar-refractivity contribution < 1.29 is 22.7 Å². The molecule has 0 aromatic heterocycles. The minimum atomic E-state index is -3.63. The predicted octanol–water partition coefficient (Wildman–Crippen LogP) is 4.99. The van der Waals surface area contributed by atoms with Crippen molar-refractivity contribution in [2.24, 2.45) is 0 Å². The molecule has 11 heteroatoms. The zero-order valence-corrected chi connectivity index (χ0v) is 25.2. The van der Waals surface area contributed by atoms with E-state index >= 15 is 0 Å². The molecule has 2 rings (SSSR count). The van der Waals surface area contributed by atoms with Crippen LogP contribution in [0, 0.1) is 0 Å². The van der Waals surface area contributed by atoms with Crippen LogP contribution >= 0.6 is 27.5 Å². The molecule has 8 nitrogen and oxygen atoms in total. The van der Waals surface area contributed by atoms with Gasteiger partial charge in [-0.15, -0.1) is 0 Å². The number of ether oxygens (including phenoxy) is 1. The van der Waals surface area contributed by atoms with Gasteiger partial charge < -0.3 is 15.0 Å². The number of carbonyl (C=O) groups is 2. The van der Waals surface area contributed by atoms with Crippen molar-refractivity contribution in [2.75, 3.05) is 24.2 Å². The van der Waals surface area contributed by atoms with Gasteiger partial charge >= 0.3 is 0 Å². The van der Waals surface area contributed by atoms with Crippen molar-refractivity contribution in [2.45, 2.75) is 58.7 Å². The number of nitrogens with zero attached hydrogens (tertiary/aromatic N) is 2. The van der Waals surface area contributed by atoms with Crippen LogP contribution in [0.2, 0.25) is 5.02 Å². The first-order valence-electron chi connectivity index (χ1n) is 11.8. The number of anilines is 1. The summed E-state index contributed by atoms with van der Waals surface area (Å²) in [5.41, 5.74) is 0.802. The first kappa shape index (κ1) is 30.9. The molecule has 0 bridgehead atoms. The van der Waals surface area contributed by atoms with Gasteiger partial charge in [0.05, 0.1) is 24.1 Å². The molecule has 0 aliphatic heterocycles. The van der Waals surface area contributed by atoms with Crippen LogP contribution in [0.15, 0.2) is 46.9 Å². The van der Waals surface area contributed by atoms with Gasteiger partial charge in [-0.3, -0.25) is 13.9 Å². The lowest BCUT2D eigenvalue weighted by Gasteiger charge is -2.32. The fourth-order valence-electron chi connectivity index (χ4n) is 3.66. The average molecular weight is 617 g/mol. The average Bonchev–Trinajstić information content (AvgIpc) is 2.79. The van der Waals surface area contributed by atoms with Crippen LogP contribution in [0.3, 0.4) is 0 Å². The maximum absolute atomic E-state index is 13.4. The zero-order chi connectivity index (χ0) is 28.0. The van der Waals surface area contributed by atoms with Gasteiger partial charge in [-0.1, -0.05) is 39.7 Å². The van der Waals surface area contributed by atoms with Gasteiger partial charge in [0.1, 0.15) is 11.8 Å². The highest BCUT2D eigenvalue weighted by molar-refractivity contribution is 9.10. The smallest absolute Gasteiger partial charge is 0.242 e. The van der Waals surface area contributed by atoms with Gasteiger partial charge in [0.15, 0.2) is 0 Å². The molecule has 2 amide bonds. The molecule has 0 fully saturated rings. The SMILES string of the molecule is COc1ccc(N(CCCC(=O)N(Cc2ccc(Br)cc2)C(C)C(=O)NC(C)(C)C)S(C)(=O)=O)cc1Cl. The Bertz CT molecular complexity index is 1200. The second kappa shape index (κ2) is 13.0. The summed E-state index contributed by atoms with van der Waals surface area (Å²) in [5.74, 6) is -0.0792. The van der Waals surface area contributed by atoms with Crippen molar-refractivity contribution in [1.82, 2.24) is 10.2 Å². The van der Waals surface area contributed by atoms with Gasteiger partial charge in [0.25, 0.3) is 0 Å². The van der Waals surface area contributed by atoms with E-state index in [0.29, 0.717) is 11.4 Å². The normalized spacial score (nSPS) is 12.5. The Morgan fingerprint density at radius 3 is 2.27 bits per heavy atom. The van der Waals surface area contributed by atoms with Gasteiger partial charge in [0.2, 0.25) is 21.8 Å². The third-order valence-electron chi connectivity index (χ3n) is 5.51. The van der Waals surface area contributed by atoms with Crippen LogP contribution in [-0.2, 0) is 26.2 Å². The summed E-state index contributed by atoms with van der Waals surface area (Å²) in [6.07, 6.45) is 1.41. The number of benzene rings is 2. The summed E-state index contributed by atoms with van der Waals surface area (Å²) < 4.78 is 32.3. The number of amides is 2. The molecule has 1 unspecified atom stereocenters. The zero-order valence-electron chi connectivity index (χ0n) is 22.0. The molecule has 0 saturated heterocycles. The molecule has 0 heterocycles. The lowest BCUT2D eigenvalue weighted by Crippen LogP contribution is -2.52. The van der Waals surface area contributed by atoms with E-state index in [9.17, 15) is 18.0 Å². The molecular formula is C26H35BrClN3O5S. The molecule has 1 N–H and O–H groups in total.